The van der Waals surface area contributed by atoms with Gasteiger partial charge in [-0.3, -0.25) is 4.68 Å². The van der Waals surface area contributed by atoms with Crippen molar-refractivity contribution in [1.29, 1.82) is 0 Å². The number of aromatic nitrogens is 3. The molecule has 1 aliphatic heterocycles. The van der Waals surface area contributed by atoms with E-state index in [2.05, 4.69) is 47.4 Å². The zero-order valence-electron chi connectivity index (χ0n) is 15.6. The SMILES string of the molecule is CCNC(=NCc1cc(C(C)C)no1)N1CCC(c2cnn(C)c2)C1. The van der Waals surface area contributed by atoms with Crippen molar-refractivity contribution in [2.45, 2.75) is 45.6 Å². The van der Waals surface area contributed by atoms with Crippen LogP contribution in [-0.4, -0.2) is 45.4 Å². The molecule has 0 spiro atoms. The Kier molecular flexibility index (Phi) is 5.40. The smallest absolute Gasteiger partial charge is 0.194 e. The molecule has 1 N–H and O–H groups in total. The molecule has 2 aromatic heterocycles. The first-order valence-electron chi connectivity index (χ1n) is 9.04. The molecule has 1 fully saturated rings. The van der Waals surface area contributed by atoms with Crippen LogP contribution in [0.15, 0.2) is 28.0 Å². The summed E-state index contributed by atoms with van der Waals surface area (Å²) in [6.07, 6.45) is 5.20. The van der Waals surface area contributed by atoms with Gasteiger partial charge in [0.15, 0.2) is 11.7 Å². The van der Waals surface area contributed by atoms with Crippen LogP contribution in [-0.2, 0) is 13.6 Å². The molecule has 2 aromatic rings. The van der Waals surface area contributed by atoms with Gasteiger partial charge < -0.3 is 14.7 Å². The third kappa shape index (κ3) is 4.21. The second-order valence-corrected chi connectivity index (χ2v) is 6.92. The van der Waals surface area contributed by atoms with E-state index in [1.54, 1.807) is 0 Å². The van der Waals surface area contributed by atoms with Crippen molar-refractivity contribution >= 4 is 5.96 Å². The van der Waals surface area contributed by atoms with E-state index in [9.17, 15) is 0 Å². The fourth-order valence-electron chi connectivity index (χ4n) is 3.13. The Bertz CT molecular complexity index is 717. The molecule has 1 aliphatic rings. The van der Waals surface area contributed by atoms with E-state index in [4.69, 9.17) is 9.52 Å². The third-order valence-electron chi connectivity index (χ3n) is 4.57. The zero-order valence-corrected chi connectivity index (χ0v) is 15.6. The molecule has 0 radical (unpaired) electrons. The summed E-state index contributed by atoms with van der Waals surface area (Å²) in [5, 5.41) is 11.8. The number of guanidine groups is 1. The zero-order chi connectivity index (χ0) is 17.8. The molecule has 0 amide bonds. The minimum atomic E-state index is 0.369. The standard InChI is InChI=1S/C18H28N6O/c1-5-19-18(20-10-16-8-17(13(2)3)22-25-16)24-7-6-14(12-24)15-9-21-23(4)11-15/h8-9,11,13-14H,5-7,10,12H2,1-4H3,(H,19,20). The van der Waals surface area contributed by atoms with E-state index in [1.807, 2.05) is 24.0 Å². The van der Waals surface area contributed by atoms with E-state index in [-0.39, 0.29) is 0 Å². The van der Waals surface area contributed by atoms with Crippen molar-refractivity contribution in [3.8, 4) is 0 Å². The molecule has 136 valence electrons. The Morgan fingerprint density at radius 1 is 1.48 bits per heavy atom. The second kappa shape index (κ2) is 7.72. The number of aliphatic imine (C=N–C) groups is 1. The Balaban J connectivity index is 1.66. The number of hydrogen-bond donors (Lipinski definition) is 1. The summed E-state index contributed by atoms with van der Waals surface area (Å²) in [5.74, 6) is 2.63. The fourth-order valence-corrected chi connectivity index (χ4v) is 3.13. The van der Waals surface area contributed by atoms with E-state index in [0.717, 1.165) is 43.5 Å². The first-order chi connectivity index (χ1) is 12.1. The van der Waals surface area contributed by atoms with Crippen LogP contribution in [0.2, 0.25) is 0 Å². The Morgan fingerprint density at radius 2 is 2.32 bits per heavy atom. The minimum Gasteiger partial charge on any atom is -0.359 e. The van der Waals surface area contributed by atoms with Crippen LogP contribution in [0.5, 0.6) is 0 Å². The summed E-state index contributed by atoms with van der Waals surface area (Å²) in [6.45, 7) is 9.63. The number of nitrogens with one attached hydrogen (secondary N) is 1. The van der Waals surface area contributed by atoms with Crippen molar-refractivity contribution in [3.05, 3.63) is 35.5 Å². The van der Waals surface area contributed by atoms with Crippen molar-refractivity contribution < 1.29 is 4.52 Å². The quantitative estimate of drug-likeness (QED) is 0.666. The molecular weight excluding hydrogens is 316 g/mol. The minimum absolute atomic E-state index is 0.369. The van der Waals surface area contributed by atoms with E-state index in [1.165, 1.54) is 5.56 Å². The number of hydrogen-bond acceptors (Lipinski definition) is 4. The molecule has 1 unspecified atom stereocenters. The van der Waals surface area contributed by atoms with Crippen LogP contribution in [0.3, 0.4) is 0 Å². The largest absolute Gasteiger partial charge is 0.359 e. The Labute approximate surface area is 149 Å². The van der Waals surface area contributed by atoms with Gasteiger partial charge in [-0.25, -0.2) is 4.99 Å². The van der Waals surface area contributed by atoms with Gasteiger partial charge in [-0.2, -0.15) is 5.10 Å². The van der Waals surface area contributed by atoms with Gasteiger partial charge in [0.25, 0.3) is 0 Å². The van der Waals surface area contributed by atoms with Crippen molar-refractivity contribution in [1.82, 2.24) is 25.2 Å². The Morgan fingerprint density at radius 3 is 2.96 bits per heavy atom. The van der Waals surface area contributed by atoms with E-state index < -0.39 is 0 Å². The molecule has 0 bridgehead atoms. The number of nitrogens with zero attached hydrogens (tertiary/aromatic N) is 5. The van der Waals surface area contributed by atoms with Crippen molar-refractivity contribution in [2.75, 3.05) is 19.6 Å². The van der Waals surface area contributed by atoms with Gasteiger partial charge in [-0.05, 0) is 24.8 Å². The lowest BCUT2D eigenvalue weighted by atomic mass is 10.0. The lowest BCUT2D eigenvalue weighted by Crippen LogP contribution is -2.39. The van der Waals surface area contributed by atoms with Gasteiger partial charge in [-0.1, -0.05) is 19.0 Å². The van der Waals surface area contributed by atoms with Crippen LogP contribution in [0.25, 0.3) is 0 Å². The number of aryl methyl sites for hydroxylation is 1. The van der Waals surface area contributed by atoms with Gasteiger partial charge in [0, 0.05) is 44.9 Å². The summed E-state index contributed by atoms with van der Waals surface area (Å²) >= 11 is 0. The van der Waals surface area contributed by atoms with E-state index >= 15 is 0 Å². The Hall–Kier alpha value is -2.31. The maximum atomic E-state index is 5.40. The van der Waals surface area contributed by atoms with Gasteiger partial charge in [0.1, 0.15) is 6.54 Å². The predicted octanol–water partition coefficient (Wildman–Crippen LogP) is 2.49. The highest BCUT2D eigenvalue weighted by atomic mass is 16.5. The average molecular weight is 344 g/mol. The molecule has 25 heavy (non-hydrogen) atoms. The van der Waals surface area contributed by atoms with Crippen LogP contribution in [0.1, 0.15) is 56.0 Å². The predicted molar refractivity (Wildman–Crippen MR) is 97.5 cm³/mol. The maximum absolute atomic E-state index is 5.40. The van der Waals surface area contributed by atoms with Gasteiger partial charge in [-0.15, -0.1) is 0 Å². The number of rotatable bonds is 5. The molecule has 3 heterocycles. The van der Waals surface area contributed by atoms with Crippen LogP contribution >= 0.6 is 0 Å². The molecular formula is C18H28N6O. The summed E-state index contributed by atoms with van der Waals surface area (Å²) in [7, 11) is 1.96. The van der Waals surface area contributed by atoms with Crippen molar-refractivity contribution in [2.24, 2.45) is 12.0 Å². The first kappa shape index (κ1) is 17.5. The molecule has 7 heteroatoms. The highest BCUT2D eigenvalue weighted by Gasteiger charge is 2.27. The molecule has 3 rings (SSSR count). The molecule has 1 saturated heterocycles. The van der Waals surface area contributed by atoms with Gasteiger partial charge in [0.2, 0.25) is 0 Å². The highest BCUT2D eigenvalue weighted by Crippen LogP contribution is 2.26. The molecule has 1 atom stereocenters. The average Bonchev–Trinajstić information content (AvgIpc) is 3.31. The van der Waals surface area contributed by atoms with Crippen LogP contribution in [0, 0.1) is 0 Å². The molecule has 0 aromatic carbocycles. The van der Waals surface area contributed by atoms with Crippen LogP contribution in [0.4, 0.5) is 0 Å². The molecule has 0 aliphatic carbocycles. The first-order valence-corrected chi connectivity index (χ1v) is 9.04. The molecule has 7 nitrogen and oxygen atoms in total. The lowest BCUT2D eigenvalue weighted by Gasteiger charge is -2.21. The third-order valence-corrected chi connectivity index (χ3v) is 4.57. The van der Waals surface area contributed by atoms with Gasteiger partial charge >= 0.3 is 0 Å². The summed E-state index contributed by atoms with van der Waals surface area (Å²) < 4.78 is 7.26. The second-order valence-electron chi connectivity index (χ2n) is 6.92. The summed E-state index contributed by atoms with van der Waals surface area (Å²) in [6, 6.07) is 2.00. The normalized spacial score (nSPS) is 18.4. The summed E-state index contributed by atoms with van der Waals surface area (Å²) in [4.78, 5) is 7.07. The fraction of sp³-hybridized carbons (Fsp3) is 0.611. The number of likely N-dealkylation sites (tertiary alicyclic amines) is 1. The topological polar surface area (TPSA) is 71.5 Å². The van der Waals surface area contributed by atoms with Gasteiger partial charge in [0.05, 0.1) is 11.9 Å². The lowest BCUT2D eigenvalue weighted by molar-refractivity contribution is 0.375. The van der Waals surface area contributed by atoms with E-state index in [0.29, 0.717) is 18.4 Å². The van der Waals surface area contributed by atoms with Crippen LogP contribution < -0.4 is 5.32 Å². The molecule has 0 saturated carbocycles. The van der Waals surface area contributed by atoms with Crippen molar-refractivity contribution in [3.63, 3.8) is 0 Å². The maximum Gasteiger partial charge on any atom is 0.194 e. The summed E-state index contributed by atoms with van der Waals surface area (Å²) in [5.41, 5.74) is 2.28. The monoisotopic (exact) mass is 344 g/mol. The highest BCUT2D eigenvalue weighted by molar-refractivity contribution is 5.80.